The van der Waals surface area contributed by atoms with Crippen molar-refractivity contribution >= 4 is 17.6 Å². The average molecular weight is 323 g/mol. The van der Waals surface area contributed by atoms with Crippen molar-refractivity contribution in [2.24, 2.45) is 0 Å². The number of fused-ring (bicyclic) bond motifs is 1. The van der Waals surface area contributed by atoms with Crippen molar-refractivity contribution in [3.63, 3.8) is 0 Å². The standard InChI is InChI=1S/C17H13N3O4/c21-13-8-10(14-3-1-5-23-14)7-12-11(13)9-18-17(19-12)20-16(22)15-4-2-6-24-15/h1-6,9-10H,7-8H2,(H,18,19,20,22)/t10-/m0/s1. The summed E-state index contributed by atoms with van der Waals surface area (Å²) in [4.78, 5) is 32.7. The van der Waals surface area contributed by atoms with Gasteiger partial charge in [0.15, 0.2) is 11.5 Å². The molecule has 7 heteroatoms. The number of hydrogen-bond donors (Lipinski definition) is 1. The molecule has 1 atom stereocenters. The van der Waals surface area contributed by atoms with Crippen molar-refractivity contribution in [3.8, 4) is 0 Å². The SMILES string of the molecule is O=C(Nc1ncc2c(n1)C[C@H](c1ccco1)CC2=O)c1ccco1. The average Bonchev–Trinajstić information content (AvgIpc) is 3.28. The summed E-state index contributed by atoms with van der Waals surface area (Å²) in [6.07, 6.45) is 5.38. The van der Waals surface area contributed by atoms with E-state index >= 15 is 0 Å². The van der Waals surface area contributed by atoms with Crippen LogP contribution in [0.25, 0.3) is 0 Å². The molecule has 1 N–H and O–H groups in total. The van der Waals surface area contributed by atoms with Gasteiger partial charge in [-0.15, -0.1) is 0 Å². The summed E-state index contributed by atoms with van der Waals surface area (Å²) < 4.78 is 10.4. The predicted molar refractivity (Wildman–Crippen MR) is 82.8 cm³/mol. The predicted octanol–water partition coefficient (Wildman–Crippen LogP) is 2.83. The molecule has 0 spiro atoms. The van der Waals surface area contributed by atoms with Crippen molar-refractivity contribution in [1.29, 1.82) is 0 Å². The molecule has 3 heterocycles. The maximum Gasteiger partial charge on any atom is 0.293 e. The fourth-order valence-corrected chi connectivity index (χ4v) is 2.80. The number of aromatic nitrogens is 2. The maximum absolute atomic E-state index is 12.3. The van der Waals surface area contributed by atoms with Crippen molar-refractivity contribution in [2.45, 2.75) is 18.8 Å². The van der Waals surface area contributed by atoms with Gasteiger partial charge in [-0.1, -0.05) is 0 Å². The molecule has 0 unspecified atom stereocenters. The molecule has 0 bridgehead atoms. The number of hydrogen-bond acceptors (Lipinski definition) is 6. The Morgan fingerprint density at radius 1 is 1.17 bits per heavy atom. The molecule has 0 saturated heterocycles. The minimum absolute atomic E-state index is 0.0263. The number of carbonyl (C=O) groups excluding carboxylic acids is 2. The maximum atomic E-state index is 12.3. The smallest absolute Gasteiger partial charge is 0.293 e. The number of ketones is 1. The largest absolute Gasteiger partial charge is 0.469 e. The highest BCUT2D eigenvalue weighted by atomic mass is 16.3. The Labute approximate surface area is 136 Å². The van der Waals surface area contributed by atoms with Gasteiger partial charge in [-0.2, -0.15) is 0 Å². The summed E-state index contributed by atoms with van der Waals surface area (Å²) >= 11 is 0. The summed E-state index contributed by atoms with van der Waals surface area (Å²) in [7, 11) is 0. The van der Waals surface area contributed by atoms with Crippen molar-refractivity contribution in [1.82, 2.24) is 9.97 Å². The Balaban J connectivity index is 1.59. The fourth-order valence-electron chi connectivity index (χ4n) is 2.80. The third kappa shape index (κ3) is 2.60. The third-order valence-electron chi connectivity index (χ3n) is 3.96. The third-order valence-corrected chi connectivity index (χ3v) is 3.96. The molecular weight excluding hydrogens is 310 g/mol. The number of amides is 1. The highest BCUT2D eigenvalue weighted by Crippen LogP contribution is 2.32. The van der Waals surface area contributed by atoms with Crippen LogP contribution >= 0.6 is 0 Å². The minimum Gasteiger partial charge on any atom is -0.469 e. The van der Waals surface area contributed by atoms with E-state index < -0.39 is 5.91 Å². The first-order valence-corrected chi connectivity index (χ1v) is 7.48. The van der Waals surface area contributed by atoms with E-state index in [9.17, 15) is 9.59 Å². The molecule has 4 rings (SSSR count). The van der Waals surface area contributed by atoms with E-state index in [1.165, 1.54) is 12.5 Å². The number of furan rings is 2. The second-order valence-corrected chi connectivity index (χ2v) is 5.53. The Kier molecular flexibility index (Phi) is 3.45. The van der Waals surface area contributed by atoms with E-state index in [0.29, 0.717) is 24.1 Å². The molecule has 0 aliphatic heterocycles. The lowest BCUT2D eigenvalue weighted by Gasteiger charge is -2.21. The lowest BCUT2D eigenvalue weighted by Crippen LogP contribution is -2.22. The van der Waals surface area contributed by atoms with Crippen LogP contribution < -0.4 is 5.32 Å². The van der Waals surface area contributed by atoms with E-state index in [-0.39, 0.29) is 23.4 Å². The van der Waals surface area contributed by atoms with Crippen molar-refractivity contribution in [2.75, 3.05) is 5.32 Å². The molecule has 0 aromatic carbocycles. The van der Waals surface area contributed by atoms with Gasteiger partial charge in [-0.05, 0) is 24.3 Å². The molecule has 7 nitrogen and oxygen atoms in total. The first kappa shape index (κ1) is 14.4. The molecule has 0 saturated carbocycles. The monoisotopic (exact) mass is 323 g/mol. The van der Waals surface area contributed by atoms with Gasteiger partial charge in [-0.3, -0.25) is 14.9 Å². The Morgan fingerprint density at radius 3 is 2.75 bits per heavy atom. The van der Waals surface area contributed by atoms with Gasteiger partial charge in [0.2, 0.25) is 5.95 Å². The molecule has 3 aromatic rings. The zero-order valence-electron chi connectivity index (χ0n) is 12.6. The van der Waals surface area contributed by atoms with E-state index in [2.05, 4.69) is 15.3 Å². The Hall–Kier alpha value is -3.22. The van der Waals surface area contributed by atoms with Crippen LogP contribution in [0.4, 0.5) is 5.95 Å². The second kappa shape index (κ2) is 5.77. The van der Waals surface area contributed by atoms with Crippen LogP contribution in [0, 0.1) is 0 Å². The van der Waals surface area contributed by atoms with Gasteiger partial charge in [0, 0.05) is 25.0 Å². The normalized spacial score (nSPS) is 16.7. The molecule has 24 heavy (non-hydrogen) atoms. The zero-order valence-corrected chi connectivity index (χ0v) is 12.6. The summed E-state index contributed by atoms with van der Waals surface area (Å²) in [5, 5.41) is 2.57. The molecule has 1 amide bonds. The van der Waals surface area contributed by atoms with Gasteiger partial charge in [0.05, 0.1) is 23.8 Å². The van der Waals surface area contributed by atoms with E-state index in [0.717, 1.165) is 5.76 Å². The molecule has 120 valence electrons. The van der Waals surface area contributed by atoms with Crippen molar-refractivity contribution < 1.29 is 18.4 Å². The van der Waals surface area contributed by atoms with Crippen LogP contribution in [0.15, 0.2) is 51.8 Å². The van der Waals surface area contributed by atoms with Gasteiger partial charge in [-0.25, -0.2) is 9.97 Å². The van der Waals surface area contributed by atoms with Crippen LogP contribution in [0.3, 0.4) is 0 Å². The zero-order chi connectivity index (χ0) is 16.5. The van der Waals surface area contributed by atoms with Crippen LogP contribution in [-0.4, -0.2) is 21.7 Å². The molecule has 1 aliphatic carbocycles. The van der Waals surface area contributed by atoms with E-state index in [1.807, 2.05) is 6.07 Å². The molecular formula is C17H13N3O4. The number of anilines is 1. The number of Topliss-reactive ketones (excluding diaryl/α,β-unsaturated/α-hetero) is 1. The van der Waals surface area contributed by atoms with Gasteiger partial charge < -0.3 is 8.83 Å². The molecule has 3 aromatic heterocycles. The number of rotatable bonds is 3. The fraction of sp³-hybridized carbons (Fsp3) is 0.176. The molecule has 0 radical (unpaired) electrons. The summed E-state index contributed by atoms with van der Waals surface area (Å²) in [5.74, 6) is 0.549. The minimum atomic E-state index is -0.440. The summed E-state index contributed by atoms with van der Waals surface area (Å²) in [6.45, 7) is 0. The number of carbonyl (C=O) groups is 2. The lowest BCUT2D eigenvalue weighted by molar-refractivity contribution is 0.0958. The molecule has 0 fully saturated rings. The first-order valence-electron chi connectivity index (χ1n) is 7.48. The Morgan fingerprint density at radius 2 is 2.00 bits per heavy atom. The van der Waals surface area contributed by atoms with E-state index in [4.69, 9.17) is 8.83 Å². The Bertz CT molecular complexity index is 885. The molecule has 1 aliphatic rings. The van der Waals surface area contributed by atoms with Crippen LogP contribution in [-0.2, 0) is 6.42 Å². The number of nitrogens with one attached hydrogen (secondary N) is 1. The van der Waals surface area contributed by atoms with Crippen LogP contribution in [0.1, 0.15) is 44.7 Å². The quantitative estimate of drug-likeness (QED) is 0.796. The number of nitrogens with zero attached hydrogens (tertiary/aromatic N) is 2. The van der Waals surface area contributed by atoms with Crippen molar-refractivity contribution in [3.05, 3.63) is 65.8 Å². The van der Waals surface area contributed by atoms with Gasteiger partial charge in [0.25, 0.3) is 5.91 Å². The van der Waals surface area contributed by atoms with Crippen LogP contribution in [0.5, 0.6) is 0 Å². The summed E-state index contributed by atoms with van der Waals surface area (Å²) in [5.41, 5.74) is 1.10. The highest BCUT2D eigenvalue weighted by Gasteiger charge is 2.29. The lowest BCUT2D eigenvalue weighted by atomic mass is 9.85. The van der Waals surface area contributed by atoms with Gasteiger partial charge in [0.1, 0.15) is 5.76 Å². The second-order valence-electron chi connectivity index (χ2n) is 5.53. The van der Waals surface area contributed by atoms with E-state index in [1.54, 1.807) is 24.5 Å². The first-order chi connectivity index (χ1) is 11.7. The topological polar surface area (TPSA) is 98.2 Å². The summed E-state index contributed by atoms with van der Waals surface area (Å²) in [6, 6.07) is 6.81. The van der Waals surface area contributed by atoms with Crippen LogP contribution in [0.2, 0.25) is 0 Å². The van der Waals surface area contributed by atoms with Gasteiger partial charge >= 0.3 is 0 Å². The highest BCUT2D eigenvalue weighted by molar-refractivity contribution is 6.01.